The Morgan fingerprint density at radius 1 is 1.13 bits per heavy atom. The van der Waals surface area contributed by atoms with E-state index >= 15 is 0 Å². The minimum absolute atomic E-state index is 0.115. The molecule has 0 aliphatic rings. The first-order chi connectivity index (χ1) is 14.6. The lowest BCUT2D eigenvalue weighted by atomic mass is 9.88. The lowest BCUT2D eigenvalue weighted by Crippen LogP contribution is -2.33. The summed E-state index contributed by atoms with van der Waals surface area (Å²) in [5, 5.41) is 20.5. The van der Waals surface area contributed by atoms with Crippen LogP contribution in [0.15, 0.2) is 46.0 Å². The standard InChI is InChI=1S/C22H22N2O7/c1-12-8-17(25)20(22(30)24(12)11-18(26)27)14(10-19(28)31-3)15-9-13-6-4-5-7-16(13)23(2)21(15)29/h4-9,14,25H,10-11H2,1-3H3,(H,26,27). The summed E-state index contributed by atoms with van der Waals surface area (Å²) in [5.41, 5.74) is -0.462. The van der Waals surface area contributed by atoms with Crippen molar-refractivity contribution in [1.82, 2.24) is 9.13 Å². The van der Waals surface area contributed by atoms with Crippen LogP contribution in [0.4, 0.5) is 0 Å². The number of carboxylic acid groups (broad SMARTS) is 1. The zero-order valence-electron chi connectivity index (χ0n) is 17.3. The SMILES string of the molecule is COC(=O)CC(c1c(O)cc(C)n(CC(=O)O)c1=O)c1cc2ccccc2n(C)c1=O. The van der Waals surface area contributed by atoms with Gasteiger partial charge in [0.25, 0.3) is 11.1 Å². The van der Waals surface area contributed by atoms with Crippen molar-refractivity contribution in [2.24, 2.45) is 7.05 Å². The van der Waals surface area contributed by atoms with E-state index in [2.05, 4.69) is 0 Å². The molecule has 1 aromatic carbocycles. The average Bonchev–Trinajstić information content (AvgIpc) is 2.72. The quantitative estimate of drug-likeness (QED) is 0.572. The van der Waals surface area contributed by atoms with Crippen LogP contribution in [0.1, 0.15) is 29.2 Å². The number of carbonyl (C=O) groups is 2. The van der Waals surface area contributed by atoms with Crippen molar-refractivity contribution in [1.29, 1.82) is 0 Å². The maximum atomic E-state index is 13.2. The number of fused-ring (bicyclic) bond motifs is 1. The molecule has 0 bridgehead atoms. The second-order valence-electron chi connectivity index (χ2n) is 7.23. The molecule has 31 heavy (non-hydrogen) atoms. The molecule has 2 aromatic heterocycles. The Morgan fingerprint density at radius 2 is 1.81 bits per heavy atom. The van der Waals surface area contributed by atoms with Gasteiger partial charge in [0, 0.05) is 24.2 Å². The lowest BCUT2D eigenvalue weighted by molar-refractivity contribution is -0.141. The van der Waals surface area contributed by atoms with Crippen LogP contribution in [0, 0.1) is 6.92 Å². The van der Waals surface area contributed by atoms with Gasteiger partial charge in [-0.15, -0.1) is 0 Å². The van der Waals surface area contributed by atoms with Gasteiger partial charge in [0.15, 0.2) is 0 Å². The Kier molecular flexibility index (Phi) is 5.96. The van der Waals surface area contributed by atoms with Crippen molar-refractivity contribution in [2.45, 2.75) is 25.8 Å². The fourth-order valence-corrected chi connectivity index (χ4v) is 3.74. The predicted molar refractivity (Wildman–Crippen MR) is 112 cm³/mol. The van der Waals surface area contributed by atoms with Crippen molar-refractivity contribution in [3.8, 4) is 5.75 Å². The molecule has 0 fully saturated rings. The molecule has 3 rings (SSSR count). The Balaban J connectivity index is 2.35. The fourth-order valence-electron chi connectivity index (χ4n) is 3.74. The molecule has 2 N–H and O–H groups in total. The number of hydrogen-bond donors (Lipinski definition) is 2. The Bertz CT molecular complexity index is 1300. The number of aliphatic carboxylic acids is 1. The van der Waals surface area contributed by atoms with E-state index in [4.69, 9.17) is 9.84 Å². The number of aromatic hydroxyl groups is 1. The van der Waals surface area contributed by atoms with Crippen LogP contribution >= 0.6 is 0 Å². The molecule has 0 spiro atoms. The van der Waals surface area contributed by atoms with E-state index in [1.807, 2.05) is 0 Å². The van der Waals surface area contributed by atoms with E-state index in [1.165, 1.54) is 24.7 Å². The van der Waals surface area contributed by atoms with Crippen molar-refractivity contribution in [2.75, 3.05) is 7.11 Å². The summed E-state index contributed by atoms with van der Waals surface area (Å²) in [5.74, 6) is -3.49. The number of pyridine rings is 2. The number of carboxylic acids is 1. The largest absolute Gasteiger partial charge is 0.507 e. The molecule has 0 saturated carbocycles. The van der Waals surface area contributed by atoms with E-state index in [1.54, 1.807) is 37.4 Å². The van der Waals surface area contributed by atoms with E-state index < -0.39 is 41.3 Å². The van der Waals surface area contributed by atoms with Gasteiger partial charge >= 0.3 is 11.9 Å². The normalized spacial score (nSPS) is 12.0. The summed E-state index contributed by atoms with van der Waals surface area (Å²) in [4.78, 5) is 49.7. The number of benzene rings is 1. The van der Waals surface area contributed by atoms with Crippen molar-refractivity contribution >= 4 is 22.8 Å². The number of esters is 1. The van der Waals surface area contributed by atoms with Crippen molar-refractivity contribution < 1.29 is 24.5 Å². The van der Waals surface area contributed by atoms with Gasteiger partial charge in [0.05, 0.1) is 24.6 Å². The number of carbonyl (C=O) groups excluding carboxylic acids is 1. The van der Waals surface area contributed by atoms with E-state index in [0.29, 0.717) is 10.9 Å². The maximum Gasteiger partial charge on any atom is 0.323 e. The molecule has 9 heteroatoms. The van der Waals surface area contributed by atoms with Crippen molar-refractivity contribution in [3.63, 3.8) is 0 Å². The molecule has 1 atom stereocenters. The van der Waals surface area contributed by atoms with Crippen LogP contribution < -0.4 is 11.1 Å². The molecule has 3 aromatic rings. The van der Waals surface area contributed by atoms with Crippen LogP contribution in [0.5, 0.6) is 5.75 Å². The molecule has 0 amide bonds. The van der Waals surface area contributed by atoms with Gasteiger partial charge in [0.2, 0.25) is 0 Å². The number of aromatic nitrogens is 2. The predicted octanol–water partition coefficient (Wildman–Crippen LogP) is 1.49. The molecular weight excluding hydrogens is 404 g/mol. The fraction of sp³-hybridized carbons (Fsp3) is 0.273. The van der Waals surface area contributed by atoms with E-state index in [0.717, 1.165) is 4.57 Å². The second kappa shape index (κ2) is 8.47. The topological polar surface area (TPSA) is 128 Å². The Hall–Kier alpha value is -3.88. The zero-order valence-corrected chi connectivity index (χ0v) is 17.3. The van der Waals surface area contributed by atoms with Crippen molar-refractivity contribution in [3.05, 3.63) is 73.9 Å². The molecule has 0 radical (unpaired) electrons. The molecule has 0 aliphatic heterocycles. The monoisotopic (exact) mass is 426 g/mol. The third-order valence-corrected chi connectivity index (χ3v) is 5.30. The summed E-state index contributed by atoms with van der Waals surface area (Å²) in [6.07, 6.45) is -0.386. The minimum atomic E-state index is -1.24. The number of rotatable bonds is 6. The van der Waals surface area contributed by atoms with Gasteiger partial charge in [-0.3, -0.25) is 19.2 Å². The number of nitrogens with zero attached hydrogens (tertiary/aromatic N) is 2. The minimum Gasteiger partial charge on any atom is -0.507 e. The Labute approximate surface area is 176 Å². The van der Waals surface area contributed by atoms with Crippen LogP contribution in [-0.2, 0) is 27.9 Å². The van der Waals surface area contributed by atoms with Gasteiger partial charge in [-0.25, -0.2) is 0 Å². The van der Waals surface area contributed by atoms with Crippen LogP contribution in [0.25, 0.3) is 10.9 Å². The van der Waals surface area contributed by atoms with Gasteiger partial charge in [-0.1, -0.05) is 18.2 Å². The lowest BCUT2D eigenvalue weighted by Gasteiger charge is -2.20. The Morgan fingerprint density at radius 3 is 2.45 bits per heavy atom. The van der Waals surface area contributed by atoms with Crippen LogP contribution in [-0.4, -0.2) is 38.4 Å². The summed E-state index contributed by atoms with van der Waals surface area (Å²) < 4.78 is 7.13. The summed E-state index contributed by atoms with van der Waals surface area (Å²) in [6, 6.07) is 9.93. The molecule has 2 heterocycles. The van der Waals surface area contributed by atoms with Gasteiger partial charge in [0.1, 0.15) is 12.3 Å². The third-order valence-electron chi connectivity index (χ3n) is 5.30. The zero-order chi connectivity index (χ0) is 22.9. The number of para-hydroxylation sites is 1. The molecule has 0 saturated heterocycles. The summed E-state index contributed by atoms with van der Waals surface area (Å²) in [7, 11) is 2.75. The first-order valence-corrected chi connectivity index (χ1v) is 9.46. The smallest absolute Gasteiger partial charge is 0.323 e. The second-order valence-corrected chi connectivity index (χ2v) is 7.23. The highest BCUT2D eigenvalue weighted by Gasteiger charge is 2.29. The highest BCUT2D eigenvalue weighted by atomic mass is 16.5. The first-order valence-electron chi connectivity index (χ1n) is 9.46. The molecular formula is C22H22N2O7. The van der Waals surface area contributed by atoms with Gasteiger partial charge in [-0.05, 0) is 30.5 Å². The third kappa shape index (κ3) is 4.07. The summed E-state index contributed by atoms with van der Waals surface area (Å²) in [6.45, 7) is 0.858. The number of ether oxygens (including phenoxy) is 1. The van der Waals surface area contributed by atoms with Gasteiger partial charge in [-0.2, -0.15) is 0 Å². The highest BCUT2D eigenvalue weighted by Crippen LogP contribution is 2.32. The summed E-state index contributed by atoms with van der Waals surface area (Å²) >= 11 is 0. The highest BCUT2D eigenvalue weighted by molar-refractivity contribution is 5.80. The molecule has 1 unspecified atom stereocenters. The number of aryl methyl sites for hydroxylation is 2. The molecule has 162 valence electrons. The molecule has 9 nitrogen and oxygen atoms in total. The van der Waals surface area contributed by atoms with Crippen LogP contribution in [0.3, 0.4) is 0 Å². The van der Waals surface area contributed by atoms with E-state index in [9.17, 15) is 24.3 Å². The maximum absolute atomic E-state index is 13.2. The number of hydrogen-bond acceptors (Lipinski definition) is 6. The van der Waals surface area contributed by atoms with E-state index in [-0.39, 0.29) is 23.2 Å². The average molecular weight is 426 g/mol. The van der Waals surface area contributed by atoms with Crippen LogP contribution in [0.2, 0.25) is 0 Å². The van der Waals surface area contributed by atoms with Gasteiger partial charge < -0.3 is 24.1 Å². The first kappa shape index (κ1) is 21.8. The molecule has 0 aliphatic carbocycles. The number of methoxy groups -OCH3 is 1.